The normalized spacial score (nSPS) is 10.1. The predicted octanol–water partition coefficient (Wildman–Crippen LogP) is 6.40. The smallest absolute Gasteiger partial charge is 0.310 e. The Kier molecular flexibility index (Phi) is 8.47. The lowest BCUT2D eigenvalue weighted by Crippen LogP contribution is -2.07. The molecule has 0 saturated carbocycles. The third-order valence-corrected chi connectivity index (χ3v) is 5.75. The molecule has 0 aliphatic heterocycles. The zero-order valence-electron chi connectivity index (χ0n) is 19.0. The van der Waals surface area contributed by atoms with Crippen molar-refractivity contribution < 1.29 is 9.53 Å². The summed E-state index contributed by atoms with van der Waals surface area (Å²) in [5.74, 6) is -0.275. The summed E-state index contributed by atoms with van der Waals surface area (Å²) in [4.78, 5) is 12.1. The van der Waals surface area contributed by atoms with Crippen LogP contribution in [0.1, 0.15) is 47.5 Å². The second-order valence-electron chi connectivity index (χ2n) is 7.14. The Morgan fingerprint density at radius 3 is 2.26 bits per heavy atom. The minimum Gasteiger partial charge on any atom is -0.469 e. The molecule has 0 N–H and O–H groups in total. The van der Waals surface area contributed by atoms with Crippen LogP contribution in [-0.2, 0) is 22.5 Å². The van der Waals surface area contributed by atoms with Crippen LogP contribution in [0.25, 0.3) is 11.1 Å². The maximum absolute atomic E-state index is 12.1. The molecule has 0 fully saturated rings. The summed E-state index contributed by atoms with van der Waals surface area (Å²) in [6.45, 7) is 10.7. The van der Waals surface area contributed by atoms with E-state index in [-0.39, 0.29) is 12.4 Å². The van der Waals surface area contributed by atoms with Crippen LogP contribution in [-0.4, -0.2) is 17.6 Å². The SMILES string of the molecule is CC.COC(=O)Cc1c(-c2ccc(C)c(Cl)c2)c(C)n(Cc2ccc(C#N)cc2)c1C. The molecular weight excluding hydrogens is 408 g/mol. The van der Waals surface area contributed by atoms with Gasteiger partial charge in [-0.3, -0.25) is 4.79 Å². The van der Waals surface area contributed by atoms with E-state index in [1.807, 2.05) is 70.2 Å². The fourth-order valence-electron chi connectivity index (χ4n) is 3.62. The largest absolute Gasteiger partial charge is 0.469 e. The Balaban J connectivity index is 0.00000166. The Morgan fingerprint density at radius 1 is 1.06 bits per heavy atom. The minimum absolute atomic E-state index is 0.199. The highest BCUT2D eigenvalue weighted by Crippen LogP contribution is 2.35. The number of aryl methyl sites for hydroxylation is 1. The molecule has 162 valence electrons. The summed E-state index contributed by atoms with van der Waals surface area (Å²) in [6, 6.07) is 15.7. The van der Waals surface area contributed by atoms with E-state index in [0.717, 1.165) is 39.2 Å². The standard InChI is InChI=1S/C24H23ClN2O2.C2H6/c1-15-5-10-20(11-22(15)25)24-17(3)27(16(2)21(24)12-23(28)29-4)14-19-8-6-18(13-26)7-9-19;1-2/h5-11H,12,14H2,1-4H3;1-2H3. The van der Waals surface area contributed by atoms with Gasteiger partial charge >= 0.3 is 5.97 Å². The van der Waals surface area contributed by atoms with Crippen LogP contribution in [0, 0.1) is 32.1 Å². The molecule has 3 rings (SSSR count). The molecule has 0 radical (unpaired) electrons. The first kappa shape index (κ1) is 24.2. The van der Waals surface area contributed by atoms with E-state index in [0.29, 0.717) is 17.1 Å². The molecule has 0 spiro atoms. The molecule has 1 aromatic heterocycles. The van der Waals surface area contributed by atoms with Crippen LogP contribution < -0.4 is 0 Å². The van der Waals surface area contributed by atoms with Gasteiger partial charge in [0.25, 0.3) is 0 Å². The van der Waals surface area contributed by atoms with Gasteiger partial charge in [-0.1, -0.05) is 49.7 Å². The zero-order chi connectivity index (χ0) is 23.1. The van der Waals surface area contributed by atoms with Crippen LogP contribution in [0.2, 0.25) is 5.02 Å². The number of esters is 1. The van der Waals surface area contributed by atoms with Crippen molar-refractivity contribution in [2.75, 3.05) is 7.11 Å². The second-order valence-corrected chi connectivity index (χ2v) is 7.54. The maximum atomic E-state index is 12.1. The number of carbonyl (C=O) groups is 1. The molecule has 0 amide bonds. The van der Waals surface area contributed by atoms with Crippen LogP contribution in [0.5, 0.6) is 0 Å². The fourth-order valence-corrected chi connectivity index (χ4v) is 3.80. The van der Waals surface area contributed by atoms with Crippen molar-refractivity contribution >= 4 is 17.6 Å². The first-order chi connectivity index (χ1) is 14.8. The topological polar surface area (TPSA) is 55.0 Å². The summed E-state index contributed by atoms with van der Waals surface area (Å²) in [5, 5.41) is 9.71. The molecule has 0 aliphatic carbocycles. The van der Waals surface area contributed by atoms with Gasteiger partial charge in [-0.25, -0.2) is 0 Å². The summed E-state index contributed by atoms with van der Waals surface area (Å²) in [5.41, 5.74) is 7.76. The van der Waals surface area contributed by atoms with Gasteiger partial charge in [-0.2, -0.15) is 5.26 Å². The number of rotatable bonds is 5. The van der Waals surface area contributed by atoms with Gasteiger partial charge in [-0.15, -0.1) is 0 Å². The van der Waals surface area contributed by atoms with Crippen molar-refractivity contribution in [3.8, 4) is 17.2 Å². The Bertz CT molecular complexity index is 1110. The monoisotopic (exact) mass is 436 g/mol. The number of nitriles is 1. The summed E-state index contributed by atoms with van der Waals surface area (Å²) in [7, 11) is 1.40. The highest BCUT2D eigenvalue weighted by atomic mass is 35.5. The van der Waals surface area contributed by atoms with E-state index in [2.05, 4.69) is 17.6 Å². The van der Waals surface area contributed by atoms with Crippen molar-refractivity contribution in [3.05, 3.63) is 81.1 Å². The number of methoxy groups -OCH3 is 1. The third-order valence-electron chi connectivity index (χ3n) is 5.34. The number of hydrogen-bond donors (Lipinski definition) is 0. The summed E-state index contributed by atoms with van der Waals surface area (Å²) < 4.78 is 7.13. The molecule has 0 bridgehead atoms. The minimum atomic E-state index is -0.275. The molecule has 31 heavy (non-hydrogen) atoms. The Morgan fingerprint density at radius 2 is 1.71 bits per heavy atom. The van der Waals surface area contributed by atoms with Gasteiger partial charge in [0.1, 0.15) is 0 Å². The van der Waals surface area contributed by atoms with Crippen LogP contribution in [0.3, 0.4) is 0 Å². The van der Waals surface area contributed by atoms with Crippen molar-refractivity contribution in [2.24, 2.45) is 0 Å². The van der Waals surface area contributed by atoms with Gasteiger partial charge in [0, 0.05) is 28.5 Å². The third kappa shape index (κ3) is 5.37. The van der Waals surface area contributed by atoms with Crippen molar-refractivity contribution in [2.45, 2.75) is 47.6 Å². The quantitative estimate of drug-likeness (QED) is 0.435. The van der Waals surface area contributed by atoms with E-state index < -0.39 is 0 Å². The summed E-state index contributed by atoms with van der Waals surface area (Å²) >= 11 is 6.38. The second kappa shape index (κ2) is 10.8. The van der Waals surface area contributed by atoms with Crippen molar-refractivity contribution in [3.63, 3.8) is 0 Å². The molecule has 0 aliphatic rings. The molecular formula is C26H29ClN2O2. The van der Waals surface area contributed by atoms with Gasteiger partial charge in [0.2, 0.25) is 0 Å². The van der Waals surface area contributed by atoms with Gasteiger partial charge in [0.05, 0.1) is 25.2 Å². The molecule has 2 aromatic carbocycles. The number of carbonyl (C=O) groups excluding carboxylic acids is 1. The number of nitrogens with zero attached hydrogens (tertiary/aromatic N) is 2. The molecule has 0 unspecified atom stereocenters. The lowest BCUT2D eigenvalue weighted by atomic mass is 9.97. The Labute approximate surface area is 190 Å². The zero-order valence-corrected chi connectivity index (χ0v) is 19.8. The molecule has 5 heteroatoms. The highest BCUT2D eigenvalue weighted by molar-refractivity contribution is 6.31. The molecule has 4 nitrogen and oxygen atoms in total. The number of hydrogen-bond acceptors (Lipinski definition) is 3. The Hall–Kier alpha value is -3.03. The first-order valence-electron chi connectivity index (χ1n) is 10.4. The molecule has 0 saturated heterocycles. The van der Waals surface area contributed by atoms with Crippen molar-refractivity contribution in [1.82, 2.24) is 4.57 Å². The molecule has 1 heterocycles. The average Bonchev–Trinajstić information content (AvgIpc) is 3.01. The van der Waals surface area contributed by atoms with Crippen LogP contribution >= 0.6 is 11.6 Å². The van der Waals surface area contributed by atoms with E-state index in [9.17, 15) is 4.79 Å². The van der Waals surface area contributed by atoms with Gasteiger partial charge in [0.15, 0.2) is 0 Å². The number of aromatic nitrogens is 1. The first-order valence-corrected chi connectivity index (χ1v) is 10.7. The van der Waals surface area contributed by atoms with Crippen LogP contribution in [0.4, 0.5) is 0 Å². The molecule has 3 aromatic rings. The summed E-state index contributed by atoms with van der Waals surface area (Å²) in [6.07, 6.45) is 0.199. The van der Waals surface area contributed by atoms with Gasteiger partial charge in [-0.05, 0) is 61.2 Å². The number of ether oxygens (including phenoxy) is 1. The van der Waals surface area contributed by atoms with E-state index in [4.69, 9.17) is 21.6 Å². The fraction of sp³-hybridized carbons (Fsp3) is 0.308. The lowest BCUT2D eigenvalue weighted by molar-refractivity contribution is -0.139. The van der Waals surface area contributed by atoms with Gasteiger partial charge < -0.3 is 9.30 Å². The number of benzene rings is 2. The van der Waals surface area contributed by atoms with E-state index >= 15 is 0 Å². The van der Waals surface area contributed by atoms with E-state index in [1.165, 1.54) is 7.11 Å². The van der Waals surface area contributed by atoms with E-state index in [1.54, 1.807) is 0 Å². The highest BCUT2D eigenvalue weighted by Gasteiger charge is 2.22. The number of halogens is 1. The lowest BCUT2D eigenvalue weighted by Gasteiger charge is -2.11. The molecule has 0 atom stereocenters. The van der Waals surface area contributed by atoms with Crippen molar-refractivity contribution in [1.29, 1.82) is 5.26 Å². The average molecular weight is 437 g/mol. The maximum Gasteiger partial charge on any atom is 0.310 e. The van der Waals surface area contributed by atoms with Crippen LogP contribution in [0.15, 0.2) is 42.5 Å². The predicted molar refractivity (Wildman–Crippen MR) is 126 cm³/mol.